The Kier molecular flexibility index (Phi) is 6.70. The van der Waals surface area contributed by atoms with Crippen molar-refractivity contribution >= 4 is 11.8 Å². The molecule has 0 aromatic rings. The van der Waals surface area contributed by atoms with E-state index in [1.807, 2.05) is 13.8 Å². The lowest BCUT2D eigenvalue weighted by Gasteiger charge is -2.23. The van der Waals surface area contributed by atoms with Gasteiger partial charge in [0.05, 0.1) is 12.6 Å². The topological polar surface area (TPSA) is 89.4 Å². The Morgan fingerprint density at radius 2 is 1.93 bits per heavy atom. The Morgan fingerprint density at radius 3 is 2.33 bits per heavy atom. The van der Waals surface area contributed by atoms with Crippen LogP contribution in [0.25, 0.3) is 0 Å². The molecular weight excluding hydrogens is 194 g/mol. The van der Waals surface area contributed by atoms with E-state index in [2.05, 4.69) is 0 Å². The van der Waals surface area contributed by atoms with Crippen LogP contribution in [0.3, 0.4) is 0 Å². The standard InChI is InChI=1S/C10H21N3O2/c1-3-5-6-13(7-9(12)14)10(15)8(11)4-2/h8H,3-7,11H2,1-2H3,(H2,12,14)/t8-/m1/s1. The Balaban J connectivity index is 4.32. The first-order chi connectivity index (χ1) is 7.02. The molecule has 0 unspecified atom stereocenters. The van der Waals surface area contributed by atoms with E-state index in [9.17, 15) is 9.59 Å². The summed E-state index contributed by atoms with van der Waals surface area (Å²) in [5.74, 6) is -0.687. The fourth-order valence-electron chi connectivity index (χ4n) is 1.21. The van der Waals surface area contributed by atoms with Crippen LogP contribution in [0.15, 0.2) is 0 Å². The van der Waals surface area contributed by atoms with E-state index < -0.39 is 11.9 Å². The number of carbonyl (C=O) groups excluding carboxylic acids is 2. The summed E-state index contributed by atoms with van der Waals surface area (Å²) in [6.07, 6.45) is 2.39. The predicted octanol–water partition coefficient (Wildman–Crippen LogP) is -0.162. The third kappa shape index (κ3) is 5.37. The molecule has 0 rings (SSSR count). The lowest BCUT2D eigenvalue weighted by atomic mass is 10.2. The van der Waals surface area contributed by atoms with Gasteiger partial charge in [0.2, 0.25) is 11.8 Å². The highest BCUT2D eigenvalue weighted by atomic mass is 16.2. The van der Waals surface area contributed by atoms with Gasteiger partial charge in [0, 0.05) is 6.54 Å². The summed E-state index contributed by atoms with van der Waals surface area (Å²) in [6.45, 7) is 4.37. The van der Waals surface area contributed by atoms with Crippen LogP contribution in [0, 0.1) is 0 Å². The molecule has 0 bridgehead atoms. The monoisotopic (exact) mass is 215 g/mol. The van der Waals surface area contributed by atoms with E-state index in [0.717, 1.165) is 12.8 Å². The normalized spacial score (nSPS) is 12.2. The molecule has 0 aromatic heterocycles. The van der Waals surface area contributed by atoms with E-state index in [1.165, 1.54) is 4.90 Å². The van der Waals surface area contributed by atoms with Crippen LogP contribution in [0.1, 0.15) is 33.1 Å². The zero-order valence-electron chi connectivity index (χ0n) is 9.53. The molecule has 0 aliphatic heterocycles. The van der Waals surface area contributed by atoms with Gasteiger partial charge in [0.15, 0.2) is 0 Å². The maximum absolute atomic E-state index is 11.7. The van der Waals surface area contributed by atoms with Crippen molar-refractivity contribution in [2.75, 3.05) is 13.1 Å². The van der Waals surface area contributed by atoms with Crippen LogP contribution >= 0.6 is 0 Å². The van der Waals surface area contributed by atoms with Crippen molar-refractivity contribution in [3.63, 3.8) is 0 Å². The third-order valence-electron chi connectivity index (χ3n) is 2.20. The van der Waals surface area contributed by atoms with Crippen LogP contribution in [0.4, 0.5) is 0 Å². The molecule has 0 saturated carbocycles. The predicted molar refractivity (Wildman–Crippen MR) is 58.9 cm³/mol. The van der Waals surface area contributed by atoms with Crippen molar-refractivity contribution in [3.8, 4) is 0 Å². The summed E-state index contributed by atoms with van der Waals surface area (Å²) in [6, 6.07) is -0.527. The quantitative estimate of drug-likeness (QED) is 0.618. The lowest BCUT2D eigenvalue weighted by molar-refractivity contribution is -0.136. The van der Waals surface area contributed by atoms with Gasteiger partial charge in [-0.25, -0.2) is 0 Å². The van der Waals surface area contributed by atoms with E-state index in [4.69, 9.17) is 11.5 Å². The molecule has 5 heteroatoms. The first-order valence-electron chi connectivity index (χ1n) is 5.35. The van der Waals surface area contributed by atoms with Crippen LogP contribution in [0.5, 0.6) is 0 Å². The van der Waals surface area contributed by atoms with E-state index in [1.54, 1.807) is 0 Å². The number of nitrogens with two attached hydrogens (primary N) is 2. The molecule has 88 valence electrons. The third-order valence-corrected chi connectivity index (χ3v) is 2.20. The smallest absolute Gasteiger partial charge is 0.239 e. The van der Waals surface area contributed by atoms with Crippen LogP contribution in [-0.2, 0) is 9.59 Å². The number of hydrogen-bond acceptors (Lipinski definition) is 3. The van der Waals surface area contributed by atoms with Crippen molar-refractivity contribution in [2.45, 2.75) is 39.2 Å². The van der Waals surface area contributed by atoms with Gasteiger partial charge < -0.3 is 16.4 Å². The fraction of sp³-hybridized carbons (Fsp3) is 0.800. The summed E-state index contributed by atoms with van der Waals surface area (Å²) in [4.78, 5) is 23.9. The molecule has 15 heavy (non-hydrogen) atoms. The summed E-state index contributed by atoms with van der Waals surface area (Å²) in [5, 5.41) is 0. The number of nitrogens with zero attached hydrogens (tertiary/aromatic N) is 1. The van der Waals surface area contributed by atoms with Gasteiger partial charge in [-0.2, -0.15) is 0 Å². The SMILES string of the molecule is CCCCN(CC(N)=O)C(=O)[C@H](N)CC. The number of amides is 2. The molecule has 0 spiro atoms. The van der Waals surface area contributed by atoms with E-state index in [-0.39, 0.29) is 12.5 Å². The van der Waals surface area contributed by atoms with E-state index in [0.29, 0.717) is 13.0 Å². The number of carbonyl (C=O) groups is 2. The average molecular weight is 215 g/mol. The number of primary amides is 1. The first-order valence-corrected chi connectivity index (χ1v) is 5.35. The second kappa shape index (κ2) is 7.23. The molecule has 0 radical (unpaired) electrons. The fourth-order valence-corrected chi connectivity index (χ4v) is 1.21. The van der Waals surface area contributed by atoms with Gasteiger partial charge in [-0.3, -0.25) is 9.59 Å². The average Bonchev–Trinajstić information content (AvgIpc) is 2.21. The summed E-state index contributed by atoms with van der Waals surface area (Å²) < 4.78 is 0. The van der Waals surface area contributed by atoms with Crippen molar-refractivity contribution in [1.82, 2.24) is 4.90 Å². The Labute approximate surface area is 90.8 Å². The van der Waals surface area contributed by atoms with Crippen molar-refractivity contribution < 1.29 is 9.59 Å². The van der Waals surface area contributed by atoms with E-state index >= 15 is 0 Å². The summed E-state index contributed by atoms with van der Waals surface area (Å²) in [7, 11) is 0. The van der Waals surface area contributed by atoms with Gasteiger partial charge >= 0.3 is 0 Å². The molecule has 2 amide bonds. The van der Waals surface area contributed by atoms with Crippen LogP contribution < -0.4 is 11.5 Å². The number of unbranched alkanes of at least 4 members (excludes halogenated alkanes) is 1. The number of rotatable bonds is 7. The van der Waals surface area contributed by atoms with Crippen LogP contribution in [0.2, 0.25) is 0 Å². The van der Waals surface area contributed by atoms with Crippen molar-refractivity contribution in [2.24, 2.45) is 11.5 Å². The molecule has 0 heterocycles. The molecule has 0 saturated heterocycles. The lowest BCUT2D eigenvalue weighted by Crippen LogP contribution is -2.47. The van der Waals surface area contributed by atoms with Gasteiger partial charge in [0.25, 0.3) is 0 Å². The van der Waals surface area contributed by atoms with Crippen molar-refractivity contribution in [3.05, 3.63) is 0 Å². The highest BCUT2D eigenvalue weighted by Crippen LogP contribution is 2.00. The molecule has 4 N–H and O–H groups in total. The molecular formula is C10H21N3O2. The number of hydrogen-bond donors (Lipinski definition) is 2. The minimum absolute atomic E-state index is 0.0352. The van der Waals surface area contributed by atoms with Gasteiger partial charge in [-0.15, -0.1) is 0 Å². The highest BCUT2D eigenvalue weighted by molar-refractivity contribution is 5.86. The zero-order valence-corrected chi connectivity index (χ0v) is 9.53. The molecule has 0 aliphatic carbocycles. The highest BCUT2D eigenvalue weighted by Gasteiger charge is 2.20. The first kappa shape index (κ1) is 13.9. The van der Waals surface area contributed by atoms with Crippen molar-refractivity contribution in [1.29, 1.82) is 0 Å². The zero-order chi connectivity index (χ0) is 11.8. The summed E-state index contributed by atoms with van der Waals surface area (Å²) >= 11 is 0. The Bertz CT molecular complexity index is 219. The Morgan fingerprint density at radius 1 is 1.33 bits per heavy atom. The minimum Gasteiger partial charge on any atom is -0.368 e. The molecule has 0 fully saturated rings. The second-order valence-electron chi connectivity index (χ2n) is 3.59. The maximum Gasteiger partial charge on any atom is 0.239 e. The minimum atomic E-state index is -0.527. The molecule has 0 aromatic carbocycles. The summed E-state index contributed by atoms with van der Waals surface area (Å²) in [5.41, 5.74) is 10.7. The van der Waals surface area contributed by atoms with Gasteiger partial charge in [0.1, 0.15) is 0 Å². The van der Waals surface area contributed by atoms with Gasteiger partial charge in [-0.1, -0.05) is 20.3 Å². The molecule has 1 atom stereocenters. The molecule has 5 nitrogen and oxygen atoms in total. The van der Waals surface area contributed by atoms with Gasteiger partial charge in [-0.05, 0) is 12.8 Å². The maximum atomic E-state index is 11.7. The Hall–Kier alpha value is -1.10. The largest absolute Gasteiger partial charge is 0.368 e. The van der Waals surface area contributed by atoms with Crippen LogP contribution in [-0.4, -0.2) is 35.8 Å². The second-order valence-corrected chi connectivity index (χ2v) is 3.59. The molecule has 0 aliphatic rings.